The first-order valence-electron chi connectivity index (χ1n) is 9.55. The van der Waals surface area contributed by atoms with Crippen LogP contribution in [0.3, 0.4) is 0 Å². The predicted molar refractivity (Wildman–Crippen MR) is 116 cm³/mol. The molecule has 13 heteroatoms. The van der Waals surface area contributed by atoms with E-state index < -0.39 is 5.56 Å². The number of aromatic nitrogens is 4. The van der Waals surface area contributed by atoms with Gasteiger partial charge in [-0.25, -0.2) is 9.97 Å². The summed E-state index contributed by atoms with van der Waals surface area (Å²) in [6.07, 6.45) is 2.25. The van der Waals surface area contributed by atoms with Crippen LogP contribution in [0.4, 0.5) is 11.6 Å². The average Bonchev–Trinajstić information content (AvgIpc) is 2.76. The molecule has 0 spiro atoms. The van der Waals surface area contributed by atoms with E-state index in [1.807, 2.05) is 0 Å². The van der Waals surface area contributed by atoms with Crippen LogP contribution in [0.25, 0.3) is 11.2 Å². The van der Waals surface area contributed by atoms with Crippen LogP contribution in [0.1, 0.15) is 28.9 Å². The van der Waals surface area contributed by atoms with E-state index in [1.54, 1.807) is 31.3 Å². The van der Waals surface area contributed by atoms with Crippen molar-refractivity contribution >= 4 is 34.6 Å². The average molecular weight is 753 g/mol. The normalized spacial score (nSPS) is 11.0. The second-order valence-electron chi connectivity index (χ2n) is 6.80. The third-order valence-electron chi connectivity index (χ3n) is 4.44. The molecule has 1 aromatic carbocycles. The standard InChI is InChI=1S/C20H23N8O3.2Ho/c1-11(3-8-15(29)22-2)25-18(30)12-4-6-13(7-5-12)23-9-14-10-24-17-16(26-14)19(31)28-20(21)27-17;;/h4-7,10-11,23H,1,3,8-9H2,2H3,(H,22,29)(H,25,30)(H3,21,24,27,28,31);;/q-1;;/t11-;;/m0../s1. The van der Waals surface area contributed by atoms with Crippen molar-refractivity contribution in [2.45, 2.75) is 25.4 Å². The number of fused-ring (bicyclic) bond motifs is 1. The SMILES string of the molecule is [CH2-][C@@H](CCC(=O)NC)NC(=O)c1ccc(NCc2cnc3nc(N)[nH]c(=O)c3n2)cc1.[Ho].[Ho]. The number of carbonyl (C=O) groups is 2. The van der Waals surface area contributed by atoms with E-state index in [1.165, 1.54) is 6.20 Å². The van der Waals surface area contributed by atoms with Gasteiger partial charge < -0.3 is 28.6 Å². The second kappa shape index (κ2) is 14.0. The van der Waals surface area contributed by atoms with Gasteiger partial charge >= 0.3 is 0 Å². The van der Waals surface area contributed by atoms with E-state index in [2.05, 4.69) is 42.8 Å². The summed E-state index contributed by atoms with van der Waals surface area (Å²) in [5.41, 5.74) is 7.11. The van der Waals surface area contributed by atoms with Gasteiger partial charge in [0.25, 0.3) is 5.56 Å². The molecule has 0 aliphatic rings. The van der Waals surface area contributed by atoms with Crippen molar-refractivity contribution in [3.63, 3.8) is 0 Å². The van der Waals surface area contributed by atoms with Crippen molar-refractivity contribution in [2.24, 2.45) is 0 Å². The van der Waals surface area contributed by atoms with E-state index in [4.69, 9.17) is 5.73 Å². The van der Waals surface area contributed by atoms with Gasteiger partial charge in [0.05, 0.1) is 18.4 Å². The number of nitrogen functional groups attached to an aromatic ring is 1. The summed E-state index contributed by atoms with van der Waals surface area (Å²) in [7, 11) is 1.56. The Morgan fingerprint density at radius 2 is 1.88 bits per heavy atom. The summed E-state index contributed by atoms with van der Waals surface area (Å²) >= 11 is 0. The molecule has 2 heterocycles. The number of hydrogen-bond acceptors (Lipinski definition) is 8. The molecule has 2 radical (unpaired) electrons. The maximum Gasteiger partial charge on any atom is 0.280 e. The Balaban J connectivity index is 0.00000272. The first-order valence-corrected chi connectivity index (χ1v) is 9.55. The van der Waals surface area contributed by atoms with E-state index in [9.17, 15) is 14.4 Å². The molecule has 0 unspecified atom stereocenters. The predicted octanol–water partition coefficient (Wildman–Crippen LogP) is 0.366. The molecule has 33 heavy (non-hydrogen) atoms. The topological polar surface area (TPSA) is 168 Å². The largest absolute Gasteiger partial charge is 0.379 e. The fraction of sp³-hybridized carbons (Fsp3) is 0.250. The summed E-state index contributed by atoms with van der Waals surface area (Å²) in [4.78, 5) is 50.2. The quantitative estimate of drug-likeness (QED) is 0.163. The van der Waals surface area contributed by atoms with Gasteiger partial charge in [0, 0.05) is 100 Å². The van der Waals surface area contributed by atoms with Crippen molar-refractivity contribution in [3.05, 3.63) is 59.0 Å². The van der Waals surface area contributed by atoms with Crippen LogP contribution >= 0.6 is 0 Å². The van der Waals surface area contributed by atoms with Crippen molar-refractivity contribution in [3.8, 4) is 0 Å². The van der Waals surface area contributed by atoms with Crippen molar-refractivity contribution in [2.75, 3.05) is 18.1 Å². The number of carbonyl (C=O) groups excluding carboxylic acids is 2. The molecule has 0 bridgehead atoms. The summed E-state index contributed by atoms with van der Waals surface area (Å²) in [5, 5.41) is 8.45. The number of nitrogens with two attached hydrogens (primary N) is 1. The number of H-pyrrole nitrogens is 1. The van der Waals surface area contributed by atoms with Gasteiger partial charge in [-0.1, -0.05) is 12.5 Å². The van der Waals surface area contributed by atoms with Gasteiger partial charge in [0.2, 0.25) is 17.8 Å². The van der Waals surface area contributed by atoms with Crippen LogP contribution in [-0.2, 0) is 11.3 Å². The van der Waals surface area contributed by atoms with Gasteiger partial charge in [-0.05, 0) is 24.3 Å². The van der Waals surface area contributed by atoms with Crippen LogP contribution in [0.2, 0.25) is 0 Å². The fourth-order valence-corrected chi connectivity index (χ4v) is 2.76. The van der Waals surface area contributed by atoms with Crippen LogP contribution < -0.4 is 27.2 Å². The zero-order chi connectivity index (χ0) is 22.4. The summed E-state index contributed by atoms with van der Waals surface area (Å²) in [6.45, 7) is 4.17. The molecule has 0 saturated heterocycles. The van der Waals surface area contributed by atoms with Crippen LogP contribution in [0.15, 0.2) is 35.3 Å². The summed E-state index contributed by atoms with van der Waals surface area (Å²) in [6, 6.07) is 6.48. The van der Waals surface area contributed by atoms with Crippen molar-refractivity contribution in [1.82, 2.24) is 30.6 Å². The van der Waals surface area contributed by atoms with Gasteiger partial charge in [-0.2, -0.15) is 4.98 Å². The molecule has 2 aromatic heterocycles. The second-order valence-corrected chi connectivity index (χ2v) is 6.80. The first kappa shape index (κ1) is 29.5. The van der Waals surface area contributed by atoms with E-state index >= 15 is 0 Å². The number of rotatable bonds is 8. The molecule has 0 fully saturated rings. The monoisotopic (exact) mass is 753 g/mol. The molecule has 0 aliphatic heterocycles. The van der Waals surface area contributed by atoms with E-state index in [0.29, 0.717) is 30.6 Å². The molecular formula is C20H23Ho2N8O3-. The third-order valence-corrected chi connectivity index (χ3v) is 4.44. The number of nitrogens with one attached hydrogen (secondary N) is 4. The zero-order valence-corrected chi connectivity index (χ0v) is 21.4. The van der Waals surface area contributed by atoms with E-state index in [-0.39, 0.29) is 110 Å². The Morgan fingerprint density at radius 1 is 1.18 bits per heavy atom. The minimum absolute atomic E-state index is 0. The number of anilines is 2. The molecule has 3 rings (SSSR count). The smallest absolute Gasteiger partial charge is 0.280 e. The molecule has 6 N–H and O–H groups in total. The van der Waals surface area contributed by atoms with Gasteiger partial charge in [-0.15, -0.1) is 0 Å². The Hall–Kier alpha value is -1.50. The molecule has 3 aromatic rings. The number of hydrogen-bond donors (Lipinski definition) is 5. The minimum atomic E-state index is -0.453. The molecule has 184 valence electrons. The minimum Gasteiger partial charge on any atom is -0.379 e. The maximum absolute atomic E-state index is 12.3. The Bertz CT molecular complexity index is 1150. The molecular weight excluding hydrogens is 730 g/mol. The van der Waals surface area contributed by atoms with Crippen LogP contribution in [-0.4, -0.2) is 44.8 Å². The molecule has 1 atom stereocenters. The van der Waals surface area contributed by atoms with Gasteiger partial charge in [0.1, 0.15) is 0 Å². The van der Waals surface area contributed by atoms with Gasteiger partial charge in [-0.3, -0.25) is 19.4 Å². The fourth-order valence-electron chi connectivity index (χ4n) is 2.76. The Kier molecular flexibility index (Phi) is 12.6. The molecule has 2 amide bonds. The van der Waals surface area contributed by atoms with Gasteiger partial charge in [0.15, 0.2) is 11.2 Å². The molecule has 0 aliphatic carbocycles. The number of nitrogens with zero attached hydrogens (tertiary/aromatic N) is 3. The molecule has 11 nitrogen and oxygen atoms in total. The summed E-state index contributed by atoms with van der Waals surface area (Å²) < 4.78 is 0. The zero-order valence-electron chi connectivity index (χ0n) is 17.5. The Morgan fingerprint density at radius 3 is 2.55 bits per heavy atom. The number of aromatic amines is 1. The number of amides is 2. The van der Waals surface area contributed by atoms with Crippen LogP contribution in [0.5, 0.6) is 0 Å². The summed E-state index contributed by atoms with van der Waals surface area (Å²) in [5.74, 6) is -0.382. The molecule has 0 saturated carbocycles. The van der Waals surface area contributed by atoms with E-state index in [0.717, 1.165) is 5.69 Å². The van der Waals surface area contributed by atoms with Crippen LogP contribution in [0, 0.1) is 82.4 Å². The third kappa shape index (κ3) is 8.66. The van der Waals surface area contributed by atoms with Crippen molar-refractivity contribution < 1.29 is 85.1 Å². The maximum atomic E-state index is 12.3. The number of benzene rings is 1. The Labute approximate surface area is 250 Å². The van der Waals surface area contributed by atoms with Crippen molar-refractivity contribution in [1.29, 1.82) is 0 Å². The first-order chi connectivity index (χ1) is 14.9.